The Morgan fingerprint density at radius 2 is 2.29 bits per heavy atom. The summed E-state index contributed by atoms with van der Waals surface area (Å²) in [6, 6.07) is 3.22. The molecule has 0 fully saturated rings. The summed E-state index contributed by atoms with van der Waals surface area (Å²) in [6.45, 7) is -1.44. The van der Waals surface area contributed by atoms with E-state index < -0.39 is 11.5 Å². The third-order valence-corrected chi connectivity index (χ3v) is 2.36. The summed E-state index contributed by atoms with van der Waals surface area (Å²) >= 11 is 0. The molecular formula is C12H9F2N3O4. The van der Waals surface area contributed by atoms with E-state index in [0.29, 0.717) is 5.89 Å². The van der Waals surface area contributed by atoms with Crippen LogP contribution in [0.25, 0.3) is 0 Å². The zero-order valence-electron chi connectivity index (χ0n) is 10.7. The number of alkyl halides is 2. The van der Waals surface area contributed by atoms with E-state index in [1.165, 1.54) is 6.20 Å². The number of nitro groups is 1. The highest BCUT2D eigenvalue weighted by atomic mass is 19.3. The van der Waals surface area contributed by atoms with Gasteiger partial charge in [-0.1, -0.05) is 0 Å². The first kappa shape index (κ1) is 14.6. The van der Waals surface area contributed by atoms with Gasteiger partial charge in [-0.05, 0) is 6.07 Å². The van der Waals surface area contributed by atoms with Crippen molar-refractivity contribution in [2.75, 3.05) is 0 Å². The minimum absolute atomic E-state index is 0.0264. The van der Waals surface area contributed by atoms with Gasteiger partial charge in [0.2, 0.25) is 5.88 Å². The molecule has 0 N–H and O–H groups in total. The van der Waals surface area contributed by atoms with Crippen LogP contribution in [0.4, 0.5) is 20.4 Å². The van der Waals surface area contributed by atoms with Gasteiger partial charge in [0.1, 0.15) is 5.75 Å². The molecule has 2 rings (SSSR count). The van der Waals surface area contributed by atoms with Gasteiger partial charge in [-0.25, -0.2) is 9.98 Å². The number of nitro benzene ring substituents is 1. The van der Waals surface area contributed by atoms with Gasteiger partial charge in [-0.2, -0.15) is 8.78 Å². The molecule has 0 radical (unpaired) electrons. The maximum Gasteiger partial charge on any atom is 0.387 e. The number of hydrogen-bond acceptors (Lipinski definition) is 6. The number of aliphatic imine (C=N–C) groups is 1. The van der Waals surface area contributed by atoms with Crippen LogP contribution >= 0.6 is 0 Å². The van der Waals surface area contributed by atoms with Crippen LogP contribution < -0.4 is 4.74 Å². The van der Waals surface area contributed by atoms with Gasteiger partial charge < -0.3 is 9.15 Å². The van der Waals surface area contributed by atoms with Gasteiger partial charge in [0.05, 0.1) is 11.1 Å². The van der Waals surface area contributed by atoms with Crippen LogP contribution in [-0.2, 0) is 0 Å². The predicted molar refractivity (Wildman–Crippen MR) is 68.2 cm³/mol. The zero-order valence-corrected chi connectivity index (χ0v) is 10.7. The topological polar surface area (TPSA) is 90.8 Å². The Kier molecular flexibility index (Phi) is 4.21. The molecule has 0 bridgehead atoms. The minimum Gasteiger partial charge on any atom is -0.434 e. The summed E-state index contributed by atoms with van der Waals surface area (Å²) in [4.78, 5) is 17.7. The third-order valence-electron chi connectivity index (χ3n) is 2.36. The quantitative estimate of drug-likeness (QED) is 0.480. The Hall–Kier alpha value is -2.84. The first-order valence-electron chi connectivity index (χ1n) is 5.65. The van der Waals surface area contributed by atoms with Gasteiger partial charge in [0.25, 0.3) is 5.69 Å². The molecule has 21 heavy (non-hydrogen) atoms. The number of ether oxygens (including phenoxy) is 1. The fraction of sp³-hybridized carbons (Fsp3) is 0.167. The van der Waals surface area contributed by atoms with Gasteiger partial charge in [0, 0.05) is 30.8 Å². The van der Waals surface area contributed by atoms with Crippen LogP contribution in [0.5, 0.6) is 5.75 Å². The number of hydrogen-bond donors (Lipinski definition) is 0. The van der Waals surface area contributed by atoms with E-state index in [2.05, 4.69) is 14.7 Å². The largest absolute Gasteiger partial charge is 0.434 e. The monoisotopic (exact) mass is 297 g/mol. The Morgan fingerprint density at radius 3 is 2.86 bits per heavy atom. The van der Waals surface area contributed by atoms with E-state index in [9.17, 15) is 18.9 Å². The van der Waals surface area contributed by atoms with Crippen LogP contribution in [0, 0.1) is 17.0 Å². The molecule has 1 heterocycles. The molecule has 0 atom stereocenters. The molecule has 0 unspecified atom stereocenters. The lowest BCUT2D eigenvalue weighted by Crippen LogP contribution is -2.04. The number of aryl methyl sites for hydroxylation is 1. The summed E-state index contributed by atoms with van der Waals surface area (Å²) in [7, 11) is 0. The molecule has 0 aliphatic rings. The van der Waals surface area contributed by atoms with E-state index in [4.69, 9.17) is 4.42 Å². The maximum absolute atomic E-state index is 12.3. The second-order valence-electron chi connectivity index (χ2n) is 3.83. The molecule has 2 aromatic rings. The van der Waals surface area contributed by atoms with Crippen LogP contribution in [0.2, 0.25) is 0 Å². The van der Waals surface area contributed by atoms with Crippen molar-refractivity contribution < 1.29 is 22.9 Å². The number of non-ortho nitro benzene ring substituents is 1. The van der Waals surface area contributed by atoms with E-state index in [0.717, 1.165) is 24.4 Å². The molecule has 110 valence electrons. The lowest BCUT2D eigenvalue weighted by atomic mass is 10.2. The average molecular weight is 297 g/mol. The Balaban J connectivity index is 2.35. The standard InChI is InChI=1S/C12H9F2N3O4/c1-7-15-6-11(20-7)16-5-8-4-9(17(18)19)2-3-10(8)21-12(13)14/h2-6,12H,1H3. The molecule has 0 saturated carbocycles. The first-order chi connectivity index (χ1) is 9.95. The molecule has 7 nitrogen and oxygen atoms in total. The lowest BCUT2D eigenvalue weighted by Gasteiger charge is -2.07. The minimum atomic E-state index is -3.05. The molecular weight excluding hydrogens is 288 g/mol. The number of nitrogens with zero attached hydrogens (tertiary/aromatic N) is 3. The zero-order chi connectivity index (χ0) is 15.4. The highest BCUT2D eigenvalue weighted by Crippen LogP contribution is 2.25. The number of halogens is 2. The van der Waals surface area contributed by atoms with Gasteiger partial charge in [0.15, 0.2) is 5.89 Å². The predicted octanol–water partition coefficient (Wildman–Crippen LogP) is 3.24. The second kappa shape index (κ2) is 6.07. The van der Waals surface area contributed by atoms with Crippen molar-refractivity contribution in [1.82, 2.24) is 4.98 Å². The molecule has 0 amide bonds. The molecule has 9 heteroatoms. The number of aromatic nitrogens is 1. The summed E-state index contributed by atoms with van der Waals surface area (Å²) in [5.74, 6) is 0.294. The lowest BCUT2D eigenvalue weighted by molar-refractivity contribution is -0.384. The fourth-order valence-corrected chi connectivity index (χ4v) is 1.50. The molecule has 0 saturated heterocycles. The van der Waals surface area contributed by atoms with Crippen molar-refractivity contribution in [1.29, 1.82) is 0 Å². The summed E-state index contributed by atoms with van der Waals surface area (Å²) in [5, 5.41) is 10.7. The van der Waals surface area contributed by atoms with Crippen molar-refractivity contribution in [3.05, 3.63) is 46.0 Å². The molecule has 0 aliphatic carbocycles. The van der Waals surface area contributed by atoms with Crippen molar-refractivity contribution in [3.63, 3.8) is 0 Å². The number of benzene rings is 1. The third kappa shape index (κ3) is 3.81. The maximum atomic E-state index is 12.3. The Bertz CT molecular complexity index is 685. The smallest absolute Gasteiger partial charge is 0.387 e. The SMILES string of the molecule is Cc1ncc(N=Cc2cc([N+](=O)[O-])ccc2OC(F)F)o1. The van der Waals surface area contributed by atoms with Crippen LogP contribution in [0.3, 0.4) is 0 Å². The highest BCUT2D eigenvalue weighted by Gasteiger charge is 2.14. The molecule has 1 aromatic carbocycles. The van der Waals surface area contributed by atoms with E-state index in [1.807, 2.05) is 0 Å². The summed E-state index contributed by atoms with van der Waals surface area (Å²) in [6.07, 6.45) is 2.46. The van der Waals surface area contributed by atoms with Gasteiger partial charge >= 0.3 is 6.61 Å². The van der Waals surface area contributed by atoms with Crippen LogP contribution in [0.15, 0.2) is 33.8 Å². The molecule has 0 aliphatic heterocycles. The first-order valence-corrected chi connectivity index (χ1v) is 5.65. The van der Waals surface area contributed by atoms with Gasteiger partial charge in [-0.3, -0.25) is 10.1 Å². The average Bonchev–Trinajstić information content (AvgIpc) is 2.82. The summed E-state index contributed by atoms with van der Waals surface area (Å²) < 4.78 is 33.9. The van der Waals surface area contributed by atoms with Gasteiger partial charge in [-0.15, -0.1) is 0 Å². The van der Waals surface area contributed by atoms with Crippen LogP contribution in [0.1, 0.15) is 11.5 Å². The second-order valence-corrected chi connectivity index (χ2v) is 3.83. The van der Waals surface area contributed by atoms with Crippen molar-refractivity contribution in [3.8, 4) is 5.75 Å². The fourth-order valence-electron chi connectivity index (χ4n) is 1.50. The normalized spacial score (nSPS) is 11.2. The Labute approximate surface area is 117 Å². The van der Waals surface area contributed by atoms with Crippen molar-refractivity contribution in [2.24, 2.45) is 4.99 Å². The molecule has 0 spiro atoms. The Morgan fingerprint density at radius 1 is 1.52 bits per heavy atom. The van der Waals surface area contributed by atoms with E-state index in [1.54, 1.807) is 6.92 Å². The molecule has 1 aromatic heterocycles. The van der Waals surface area contributed by atoms with Crippen molar-refractivity contribution in [2.45, 2.75) is 13.5 Å². The van der Waals surface area contributed by atoms with E-state index >= 15 is 0 Å². The van der Waals surface area contributed by atoms with Crippen LogP contribution in [-0.4, -0.2) is 22.7 Å². The van der Waals surface area contributed by atoms with Crippen molar-refractivity contribution >= 4 is 17.8 Å². The van der Waals surface area contributed by atoms with E-state index in [-0.39, 0.29) is 22.9 Å². The number of oxazole rings is 1. The number of rotatable bonds is 5. The summed E-state index contributed by atoms with van der Waals surface area (Å²) in [5.41, 5.74) is -0.245. The highest BCUT2D eigenvalue weighted by molar-refractivity contribution is 5.86.